The molecule has 4 rings (SSSR count). The van der Waals surface area contributed by atoms with Gasteiger partial charge in [0.25, 0.3) is 5.56 Å². The number of benzene rings is 2. The molecule has 10 nitrogen and oxygen atoms in total. The molecular weight excluding hydrogens is 419 g/mol. The highest BCUT2D eigenvalue weighted by Gasteiger charge is 2.17. The van der Waals surface area contributed by atoms with E-state index in [1.54, 1.807) is 30.3 Å². The quantitative estimate of drug-likeness (QED) is 0.311. The summed E-state index contributed by atoms with van der Waals surface area (Å²) in [6.07, 6.45) is 1.36. The fraction of sp³-hybridized carbons (Fsp3) is 0.143. The second-order valence-corrected chi connectivity index (χ2v) is 6.91. The Bertz CT molecular complexity index is 1440. The molecule has 3 N–H and O–H groups in total. The molecule has 0 aliphatic rings. The number of aromatic amines is 1. The third-order valence-corrected chi connectivity index (χ3v) is 4.88. The maximum Gasteiger partial charge on any atom is 0.329 e. The average Bonchev–Trinajstić information content (AvgIpc) is 3.13. The van der Waals surface area contributed by atoms with E-state index in [0.29, 0.717) is 16.9 Å². The van der Waals surface area contributed by atoms with Crippen LogP contribution in [0.1, 0.15) is 11.1 Å². The number of ether oxygens (including phenoxy) is 1. The number of imidazole rings is 1. The Balaban J connectivity index is 1.77. The van der Waals surface area contributed by atoms with Crippen LogP contribution in [0.5, 0.6) is 11.5 Å². The number of nitrogens with one attached hydrogen (secondary N) is 2. The van der Waals surface area contributed by atoms with Crippen LogP contribution < -0.4 is 21.4 Å². The molecule has 164 valence electrons. The zero-order chi connectivity index (χ0) is 22.8. The average molecular weight is 438 g/mol. The zero-order valence-corrected chi connectivity index (χ0v) is 17.2. The summed E-state index contributed by atoms with van der Waals surface area (Å²) in [5, 5.41) is 14.3. The number of halogens is 1. The number of aromatic hydroxyl groups is 1. The number of aromatic nitrogens is 4. The third kappa shape index (κ3) is 3.83. The maximum atomic E-state index is 13.3. The lowest BCUT2D eigenvalue weighted by Crippen LogP contribution is -2.29. The van der Waals surface area contributed by atoms with Crippen molar-refractivity contribution in [1.82, 2.24) is 19.1 Å². The molecule has 0 saturated heterocycles. The lowest BCUT2D eigenvalue weighted by atomic mass is 10.2. The molecule has 0 spiro atoms. The zero-order valence-electron chi connectivity index (χ0n) is 17.2. The normalized spacial score (nSPS) is 11.3. The SMILES string of the molecule is COc1cccc(/C=N/Nc2nc3c(c(=O)[nH]c(=O)n3C)n2Cc2ccc(F)cc2)c1O. The number of hydrazone groups is 1. The number of para-hydroxylation sites is 1. The van der Waals surface area contributed by atoms with E-state index >= 15 is 0 Å². The molecule has 2 aromatic carbocycles. The number of rotatable bonds is 6. The van der Waals surface area contributed by atoms with E-state index in [1.807, 2.05) is 0 Å². The van der Waals surface area contributed by atoms with E-state index in [9.17, 15) is 19.1 Å². The van der Waals surface area contributed by atoms with Crippen molar-refractivity contribution in [1.29, 1.82) is 0 Å². The monoisotopic (exact) mass is 438 g/mol. The summed E-state index contributed by atoms with van der Waals surface area (Å²) in [5.74, 6) is -0.00146. The Labute approximate surface area is 180 Å². The number of aryl methyl sites for hydroxylation is 1. The van der Waals surface area contributed by atoms with Crippen molar-refractivity contribution < 1.29 is 14.2 Å². The number of phenolic OH excluding ortho intramolecular Hbond substituents is 1. The molecule has 0 saturated carbocycles. The van der Waals surface area contributed by atoms with Crippen molar-refractivity contribution in [3.8, 4) is 11.5 Å². The summed E-state index contributed by atoms with van der Waals surface area (Å²) in [6.45, 7) is 0.167. The summed E-state index contributed by atoms with van der Waals surface area (Å²) in [6, 6.07) is 10.7. The van der Waals surface area contributed by atoms with Crippen molar-refractivity contribution in [3.63, 3.8) is 0 Å². The number of anilines is 1. The third-order valence-electron chi connectivity index (χ3n) is 4.88. The Morgan fingerprint density at radius 2 is 2.00 bits per heavy atom. The van der Waals surface area contributed by atoms with Crippen LogP contribution in [0.2, 0.25) is 0 Å². The molecule has 0 bridgehead atoms. The molecule has 2 aromatic heterocycles. The van der Waals surface area contributed by atoms with Crippen LogP contribution in [0.3, 0.4) is 0 Å². The molecule has 0 aliphatic carbocycles. The van der Waals surface area contributed by atoms with Crippen LogP contribution in [-0.4, -0.2) is 37.5 Å². The van der Waals surface area contributed by atoms with Gasteiger partial charge in [-0.3, -0.25) is 18.9 Å². The van der Waals surface area contributed by atoms with Crippen molar-refractivity contribution in [2.75, 3.05) is 12.5 Å². The summed E-state index contributed by atoms with van der Waals surface area (Å²) in [5.41, 5.74) is 2.93. The lowest BCUT2D eigenvalue weighted by Gasteiger charge is -2.09. The Hall–Kier alpha value is -4.41. The largest absolute Gasteiger partial charge is 0.504 e. The van der Waals surface area contributed by atoms with Crippen molar-refractivity contribution in [2.24, 2.45) is 12.1 Å². The Morgan fingerprint density at radius 1 is 1.25 bits per heavy atom. The molecule has 0 radical (unpaired) electrons. The van der Waals surface area contributed by atoms with Crippen molar-refractivity contribution in [3.05, 3.63) is 80.2 Å². The second-order valence-electron chi connectivity index (χ2n) is 6.91. The van der Waals surface area contributed by atoms with Gasteiger partial charge < -0.3 is 9.84 Å². The van der Waals surface area contributed by atoms with Gasteiger partial charge in [-0.2, -0.15) is 10.1 Å². The predicted molar refractivity (Wildman–Crippen MR) is 117 cm³/mol. The van der Waals surface area contributed by atoms with Crippen LogP contribution in [0.25, 0.3) is 11.2 Å². The fourth-order valence-corrected chi connectivity index (χ4v) is 3.21. The van der Waals surface area contributed by atoms with E-state index in [-0.39, 0.29) is 35.2 Å². The van der Waals surface area contributed by atoms with Gasteiger partial charge in [0.1, 0.15) is 5.82 Å². The van der Waals surface area contributed by atoms with Gasteiger partial charge >= 0.3 is 5.69 Å². The van der Waals surface area contributed by atoms with E-state index in [0.717, 1.165) is 0 Å². The van der Waals surface area contributed by atoms with Gasteiger partial charge in [0.15, 0.2) is 22.7 Å². The number of methoxy groups -OCH3 is 1. The fourth-order valence-electron chi connectivity index (χ4n) is 3.21. The van der Waals surface area contributed by atoms with Crippen LogP contribution in [0, 0.1) is 5.82 Å². The summed E-state index contributed by atoms with van der Waals surface area (Å²) >= 11 is 0. The Morgan fingerprint density at radius 3 is 2.72 bits per heavy atom. The molecule has 32 heavy (non-hydrogen) atoms. The van der Waals surface area contributed by atoms with Gasteiger partial charge in [0.05, 0.1) is 19.9 Å². The predicted octanol–water partition coefficient (Wildman–Crippen LogP) is 1.77. The number of hydrogen-bond donors (Lipinski definition) is 3. The Kier molecular flexibility index (Phi) is 5.46. The summed E-state index contributed by atoms with van der Waals surface area (Å²) in [4.78, 5) is 31.1. The van der Waals surface area contributed by atoms with Gasteiger partial charge in [0.2, 0.25) is 5.95 Å². The summed E-state index contributed by atoms with van der Waals surface area (Å²) in [7, 11) is 2.92. The molecule has 0 unspecified atom stereocenters. The molecule has 0 fully saturated rings. The van der Waals surface area contributed by atoms with Crippen LogP contribution in [-0.2, 0) is 13.6 Å². The maximum absolute atomic E-state index is 13.3. The number of nitrogens with zero attached hydrogens (tertiary/aromatic N) is 4. The van der Waals surface area contributed by atoms with Gasteiger partial charge in [0, 0.05) is 12.6 Å². The van der Waals surface area contributed by atoms with E-state index in [4.69, 9.17) is 4.74 Å². The first kappa shape index (κ1) is 20.8. The highest BCUT2D eigenvalue weighted by atomic mass is 19.1. The minimum Gasteiger partial charge on any atom is -0.504 e. The molecule has 4 aromatic rings. The second kappa shape index (κ2) is 8.38. The molecule has 0 aliphatic heterocycles. The molecule has 0 atom stereocenters. The molecular formula is C21H19FN6O4. The van der Waals surface area contributed by atoms with Crippen LogP contribution in [0.4, 0.5) is 10.3 Å². The van der Waals surface area contributed by atoms with E-state index < -0.39 is 11.2 Å². The molecule has 0 amide bonds. The number of fused-ring (bicyclic) bond motifs is 1. The lowest BCUT2D eigenvalue weighted by molar-refractivity contribution is 0.373. The molecule has 2 heterocycles. The molecule has 11 heteroatoms. The van der Waals surface area contributed by atoms with Gasteiger partial charge in [-0.05, 0) is 29.8 Å². The van der Waals surface area contributed by atoms with E-state index in [2.05, 4.69) is 20.5 Å². The number of H-pyrrole nitrogens is 1. The first-order chi connectivity index (χ1) is 15.4. The minimum absolute atomic E-state index is 0.0841. The van der Waals surface area contributed by atoms with Crippen LogP contribution in [0.15, 0.2) is 57.2 Å². The van der Waals surface area contributed by atoms with Crippen LogP contribution >= 0.6 is 0 Å². The van der Waals surface area contributed by atoms with Gasteiger partial charge in [-0.15, -0.1) is 0 Å². The van der Waals surface area contributed by atoms with Gasteiger partial charge in [-0.25, -0.2) is 14.6 Å². The first-order valence-electron chi connectivity index (χ1n) is 9.48. The topological polar surface area (TPSA) is 127 Å². The van der Waals surface area contributed by atoms with E-state index in [1.165, 1.54) is 41.6 Å². The van der Waals surface area contributed by atoms with Gasteiger partial charge in [-0.1, -0.05) is 18.2 Å². The van der Waals surface area contributed by atoms with Crippen molar-refractivity contribution >= 4 is 23.3 Å². The standard InChI is InChI=1S/C21H19FN6O4/c1-27-18-16(19(30)25-21(27)31)28(11-12-6-8-14(22)9-7-12)20(24-18)26-23-10-13-4-3-5-15(32-2)17(13)29/h3-10,29H,11H2,1-2H3,(H,24,26)(H,25,30,31)/b23-10+. The number of hydrogen-bond acceptors (Lipinski definition) is 7. The number of phenols is 1. The summed E-state index contributed by atoms with van der Waals surface area (Å²) < 4.78 is 21.1. The highest BCUT2D eigenvalue weighted by molar-refractivity contribution is 5.85. The van der Waals surface area contributed by atoms with Crippen molar-refractivity contribution in [2.45, 2.75) is 6.54 Å². The minimum atomic E-state index is -0.611. The highest BCUT2D eigenvalue weighted by Crippen LogP contribution is 2.28. The first-order valence-corrected chi connectivity index (χ1v) is 9.48. The smallest absolute Gasteiger partial charge is 0.329 e.